The van der Waals surface area contributed by atoms with Gasteiger partial charge in [0.25, 0.3) is 0 Å². The summed E-state index contributed by atoms with van der Waals surface area (Å²) >= 11 is 1.80. The molecule has 5 aromatic rings. The van der Waals surface area contributed by atoms with Gasteiger partial charge in [-0.3, -0.25) is 4.79 Å². The molecule has 0 bridgehead atoms. The summed E-state index contributed by atoms with van der Waals surface area (Å²) in [5.74, 6) is 0.0832. The fourth-order valence-electron chi connectivity index (χ4n) is 4.23. The summed E-state index contributed by atoms with van der Waals surface area (Å²) in [5, 5.41) is 4.35. The Morgan fingerprint density at radius 3 is 2.59 bits per heavy atom. The van der Waals surface area contributed by atoms with E-state index in [1.165, 1.54) is 20.5 Å². The Morgan fingerprint density at radius 2 is 1.82 bits per heavy atom. The van der Waals surface area contributed by atoms with E-state index < -0.39 is 0 Å². The molecule has 3 heterocycles. The molecule has 2 aromatic carbocycles. The van der Waals surface area contributed by atoms with Gasteiger partial charge in [-0.2, -0.15) is 0 Å². The number of pyridine rings is 1. The molecule has 1 amide bonds. The topological polar surface area (TPSA) is 46.4 Å². The number of imidazole rings is 1. The van der Waals surface area contributed by atoms with Crippen molar-refractivity contribution in [3.63, 3.8) is 0 Å². The third-order valence-electron chi connectivity index (χ3n) is 6.36. The van der Waals surface area contributed by atoms with Crippen molar-refractivity contribution in [1.29, 1.82) is 0 Å². The van der Waals surface area contributed by atoms with Gasteiger partial charge < -0.3 is 9.72 Å². The molecule has 0 unspecified atom stereocenters. The maximum atomic E-state index is 12.6. The van der Waals surface area contributed by atoms with Crippen LogP contribution >= 0.6 is 11.3 Å². The largest absolute Gasteiger partial charge is 0.354 e. The Labute approximate surface area is 204 Å². The Hall–Kier alpha value is -3.44. The second-order valence-corrected chi connectivity index (χ2v) is 10.0. The summed E-state index contributed by atoms with van der Waals surface area (Å²) in [6.07, 6.45) is 4.16. The first kappa shape index (κ1) is 22.4. The molecule has 4 nitrogen and oxygen atoms in total. The minimum atomic E-state index is 0.0832. The molecule has 34 heavy (non-hydrogen) atoms. The van der Waals surface area contributed by atoms with Crippen molar-refractivity contribution in [3.05, 3.63) is 84.2 Å². The van der Waals surface area contributed by atoms with E-state index in [4.69, 9.17) is 4.98 Å². The molecule has 1 N–H and O–H groups in total. The zero-order valence-electron chi connectivity index (χ0n) is 19.8. The lowest BCUT2D eigenvalue weighted by molar-refractivity contribution is -0.121. The summed E-state index contributed by atoms with van der Waals surface area (Å²) < 4.78 is 3.45. The molecule has 0 aliphatic rings. The van der Waals surface area contributed by atoms with Crippen LogP contribution in [0.4, 0.5) is 0 Å². The van der Waals surface area contributed by atoms with Crippen LogP contribution in [0, 0.1) is 6.92 Å². The highest BCUT2D eigenvalue weighted by atomic mass is 32.1. The molecule has 0 aliphatic heterocycles. The number of fused-ring (bicyclic) bond motifs is 2. The molecule has 0 radical (unpaired) electrons. The van der Waals surface area contributed by atoms with Crippen LogP contribution in [-0.2, 0) is 11.2 Å². The summed E-state index contributed by atoms with van der Waals surface area (Å²) in [7, 11) is 0. The molecule has 3 aromatic heterocycles. The molecule has 172 valence electrons. The number of carbonyl (C=O) groups is 1. The van der Waals surface area contributed by atoms with E-state index in [1.54, 1.807) is 11.3 Å². The monoisotopic (exact) mass is 467 g/mol. The van der Waals surface area contributed by atoms with Crippen LogP contribution in [0.3, 0.4) is 0 Å². The van der Waals surface area contributed by atoms with Crippen molar-refractivity contribution in [2.75, 3.05) is 0 Å². The molecule has 1 atom stereocenters. The van der Waals surface area contributed by atoms with E-state index >= 15 is 0 Å². The van der Waals surface area contributed by atoms with Crippen LogP contribution in [0.15, 0.2) is 72.9 Å². The zero-order valence-corrected chi connectivity index (χ0v) is 20.7. The lowest BCUT2D eigenvalue weighted by Crippen LogP contribution is -2.32. The summed E-state index contributed by atoms with van der Waals surface area (Å²) in [5.41, 5.74) is 6.37. The van der Waals surface area contributed by atoms with Crippen LogP contribution in [0.1, 0.15) is 37.9 Å². The minimum absolute atomic E-state index is 0.0832. The number of thiophene rings is 1. The van der Waals surface area contributed by atoms with Gasteiger partial charge >= 0.3 is 0 Å². The number of rotatable bonds is 7. The second-order valence-electron chi connectivity index (χ2n) is 8.94. The van der Waals surface area contributed by atoms with Gasteiger partial charge in [-0.05, 0) is 56.3 Å². The third kappa shape index (κ3) is 4.48. The quantitative estimate of drug-likeness (QED) is 0.279. The molecule has 5 rings (SSSR count). The molecular weight excluding hydrogens is 438 g/mol. The van der Waals surface area contributed by atoms with E-state index in [1.807, 2.05) is 6.92 Å². The average molecular weight is 468 g/mol. The normalized spacial score (nSPS) is 12.3. The molecule has 0 aliphatic carbocycles. The maximum absolute atomic E-state index is 12.6. The highest BCUT2D eigenvalue weighted by Gasteiger charge is 2.17. The van der Waals surface area contributed by atoms with Gasteiger partial charge in [0.1, 0.15) is 5.65 Å². The van der Waals surface area contributed by atoms with Crippen LogP contribution in [-0.4, -0.2) is 21.3 Å². The van der Waals surface area contributed by atoms with Crippen molar-refractivity contribution in [2.45, 2.75) is 46.1 Å². The van der Waals surface area contributed by atoms with Gasteiger partial charge in [-0.1, -0.05) is 55.0 Å². The third-order valence-corrected chi connectivity index (χ3v) is 7.53. The average Bonchev–Trinajstić information content (AvgIpc) is 3.44. The number of carbonyl (C=O) groups excluding carboxylic acids is 1. The van der Waals surface area contributed by atoms with Crippen LogP contribution in [0.5, 0.6) is 0 Å². The van der Waals surface area contributed by atoms with Crippen molar-refractivity contribution >= 4 is 33.0 Å². The minimum Gasteiger partial charge on any atom is -0.354 e. The number of amides is 1. The lowest BCUT2D eigenvalue weighted by atomic mass is 10.1. The number of aromatic nitrogens is 2. The van der Waals surface area contributed by atoms with Crippen molar-refractivity contribution in [3.8, 4) is 21.7 Å². The maximum Gasteiger partial charge on any atom is 0.220 e. The molecule has 0 saturated carbocycles. The number of nitrogens with zero attached hydrogens (tertiary/aromatic N) is 2. The number of nitrogens with one attached hydrogen (secondary N) is 1. The molecule has 5 heteroatoms. The first-order chi connectivity index (χ1) is 16.5. The fourth-order valence-corrected chi connectivity index (χ4v) is 5.28. The van der Waals surface area contributed by atoms with Gasteiger partial charge in [0, 0.05) is 39.4 Å². The highest BCUT2D eigenvalue weighted by molar-refractivity contribution is 7.22. The van der Waals surface area contributed by atoms with E-state index in [-0.39, 0.29) is 11.9 Å². The Bertz CT molecular complexity index is 1430. The fraction of sp³-hybridized carbons (Fsp3) is 0.241. The molecule has 0 fully saturated rings. The lowest BCUT2D eigenvalue weighted by Gasteiger charge is -2.12. The predicted octanol–water partition coefficient (Wildman–Crippen LogP) is 7.04. The van der Waals surface area contributed by atoms with Crippen molar-refractivity contribution in [2.24, 2.45) is 0 Å². The Kier molecular flexibility index (Phi) is 6.20. The van der Waals surface area contributed by atoms with E-state index in [9.17, 15) is 4.79 Å². The SMILES string of the molecule is CC[C@@H](C)NC(=O)CCc1c(-c2ccc(C)cc2)nc2ccc(-c3cc4ccccc4s3)cn12. The van der Waals surface area contributed by atoms with E-state index in [2.05, 4.69) is 96.5 Å². The zero-order chi connectivity index (χ0) is 23.7. The Morgan fingerprint density at radius 1 is 1.06 bits per heavy atom. The second kappa shape index (κ2) is 9.43. The smallest absolute Gasteiger partial charge is 0.220 e. The first-order valence-electron chi connectivity index (χ1n) is 11.9. The van der Waals surface area contributed by atoms with Gasteiger partial charge in [0.15, 0.2) is 0 Å². The van der Waals surface area contributed by atoms with Crippen LogP contribution in [0.25, 0.3) is 37.4 Å². The number of hydrogen-bond donors (Lipinski definition) is 1. The van der Waals surface area contributed by atoms with E-state index in [0.717, 1.165) is 34.6 Å². The van der Waals surface area contributed by atoms with Crippen molar-refractivity contribution in [1.82, 2.24) is 14.7 Å². The molecular formula is C29H29N3OS. The summed E-state index contributed by atoms with van der Waals surface area (Å²) in [4.78, 5) is 18.8. The van der Waals surface area contributed by atoms with Crippen LogP contribution < -0.4 is 5.32 Å². The van der Waals surface area contributed by atoms with E-state index in [0.29, 0.717) is 12.8 Å². The van der Waals surface area contributed by atoms with Gasteiger partial charge in [-0.25, -0.2) is 4.98 Å². The number of hydrogen-bond acceptors (Lipinski definition) is 3. The molecule has 0 saturated heterocycles. The van der Waals surface area contributed by atoms with Crippen molar-refractivity contribution < 1.29 is 4.79 Å². The summed E-state index contributed by atoms with van der Waals surface area (Å²) in [6.45, 7) is 6.21. The van der Waals surface area contributed by atoms with Gasteiger partial charge in [0.05, 0.1) is 11.4 Å². The number of aryl methyl sites for hydroxylation is 2. The van der Waals surface area contributed by atoms with Crippen LogP contribution in [0.2, 0.25) is 0 Å². The number of benzene rings is 2. The van der Waals surface area contributed by atoms with Gasteiger partial charge in [-0.15, -0.1) is 11.3 Å². The molecule has 0 spiro atoms. The summed E-state index contributed by atoms with van der Waals surface area (Å²) in [6, 6.07) is 23.6. The predicted molar refractivity (Wildman–Crippen MR) is 142 cm³/mol. The van der Waals surface area contributed by atoms with Gasteiger partial charge in [0.2, 0.25) is 5.91 Å². The highest BCUT2D eigenvalue weighted by Crippen LogP contribution is 2.34. The first-order valence-corrected chi connectivity index (χ1v) is 12.7. The standard InChI is InChI=1S/C29H29N3OS/c1-4-20(3)30-28(33)16-14-24-29(21-11-9-19(2)10-12-21)31-27-15-13-23(18-32(24)27)26-17-22-7-5-6-8-25(22)34-26/h5-13,15,17-18,20H,4,14,16H2,1-3H3,(H,30,33)/t20-/m1/s1. The Balaban J connectivity index is 1.57.